The lowest BCUT2D eigenvalue weighted by molar-refractivity contribution is 0.0176. The van der Waals surface area contributed by atoms with Crippen LogP contribution in [0.2, 0.25) is 0 Å². The molecule has 0 aliphatic carbocycles. The standard InChI is InChI=1S/C24H29FN2O2/c1-2-29-23-9-4-3-8-22(23)24(28)26-19-14-20-6-5-7-21(15-19)27(20)16-17-10-12-18(25)13-11-17/h3-4,8-13,19-21H,2,5-7,14-16H2,1H3,(H,26,28). The monoisotopic (exact) mass is 396 g/mol. The summed E-state index contributed by atoms with van der Waals surface area (Å²) in [6.07, 6.45) is 5.46. The Kier molecular flexibility index (Phi) is 6.14. The zero-order valence-corrected chi connectivity index (χ0v) is 16.9. The molecule has 2 bridgehead atoms. The number of amides is 1. The Morgan fingerprint density at radius 2 is 1.79 bits per heavy atom. The lowest BCUT2D eigenvalue weighted by Gasteiger charge is -2.49. The Morgan fingerprint density at radius 3 is 2.48 bits per heavy atom. The average Bonchev–Trinajstić information content (AvgIpc) is 2.71. The Labute approximate surface area is 172 Å². The number of carbonyl (C=O) groups is 1. The topological polar surface area (TPSA) is 41.6 Å². The first-order valence-electron chi connectivity index (χ1n) is 10.7. The summed E-state index contributed by atoms with van der Waals surface area (Å²) in [5, 5.41) is 3.26. The summed E-state index contributed by atoms with van der Waals surface area (Å²) in [6.45, 7) is 3.31. The molecule has 29 heavy (non-hydrogen) atoms. The van der Waals surface area contributed by atoms with Crippen molar-refractivity contribution in [2.75, 3.05) is 6.61 Å². The lowest BCUT2D eigenvalue weighted by atomic mass is 9.81. The van der Waals surface area contributed by atoms with Gasteiger partial charge in [-0.3, -0.25) is 9.69 Å². The third kappa shape index (κ3) is 4.61. The SMILES string of the molecule is CCOc1ccccc1C(=O)NC1CC2CCCC(C1)N2Cc1ccc(F)cc1. The van der Waals surface area contributed by atoms with Crippen LogP contribution in [0.1, 0.15) is 54.9 Å². The summed E-state index contributed by atoms with van der Waals surface area (Å²) in [6, 6.07) is 15.4. The van der Waals surface area contributed by atoms with Crippen LogP contribution in [0.4, 0.5) is 4.39 Å². The number of fused-ring (bicyclic) bond motifs is 2. The molecule has 5 heteroatoms. The van der Waals surface area contributed by atoms with Crippen LogP contribution in [0, 0.1) is 5.82 Å². The zero-order chi connectivity index (χ0) is 20.2. The molecule has 2 heterocycles. The van der Waals surface area contributed by atoms with Crippen molar-refractivity contribution in [3.05, 3.63) is 65.5 Å². The minimum atomic E-state index is -0.192. The molecule has 1 amide bonds. The molecule has 2 aliphatic rings. The number of nitrogens with zero attached hydrogens (tertiary/aromatic N) is 1. The number of hydrogen-bond donors (Lipinski definition) is 1. The van der Waals surface area contributed by atoms with Gasteiger partial charge in [0.1, 0.15) is 11.6 Å². The van der Waals surface area contributed by atoms with Crippen LogP contribution < -0.4 is 10.1 Å². The first-order chi connectivity index (χ1) is 14.1. The van der Waals surface area contributed by atoms with Gasteiger partial charge < -0.3 is 10.1 Å². The van der Waals surface area contributed by atoms with Gasteiger partial charge >= 0.3 is 0 Å². The van der Waals surface area contributed by atoms with E-state index in [2.05, 4.69) is 10.2 Å². The summed E-state index contributed by atoms with van der Waals surface area (Å²) in [5.41, 5.74) is 1.75. The molecule has 2 unspecified atom stereocenters. The van der Waals surface area contributed by atoms with Crippen molar-refractivity contribution >= 4 is 5.91 Å². The normalized spacial score (nSPS) is 24.1. The predicted octanol–water partition coefficient (Wildman–Crippen LogP) is 4.54. The Hall–Kier alpha value is -2.40. The van der Waals surface area contributed by atoms with Gasteiger partial charge in [-0.05, 0) is 62.4 Å². The van der Waals surface area contributed by atoms with Crippen molar-refractivity contribution in [1.29, 1.82) is 0 Å². The van der Waals surface area contributed by atoms with E-state index in [1.165, 1.54) is 18.6 Å². The van der Waals surface area contributed by atoms with Crippen molar-refractivity contribution in [2.45, 2.75) is 63.7 Å². The molecule has 1 N–H and O–H groups in total. The van der Waals surface area contributed by atoms with Crippen LogP contribution in [-0.4, -0.2) is 35.5 Å². The van der Waals surface area contributed by atoms with Gasteiger partial charge in [0.05, 0.1) is 12.2 Å². The quantitative estimate of drug-likeness (QED) is 0.779. The van der Waals surface area contributed by atoms with E-state index < -0.39 is 0 Å². The second-order valence-corrected chi connectivity index (χ2v) is 8.11. The van der Waals surface area contributed by atoms with Gasteiger partial charge in [0.15, 0.2) is 0 Å². The molecule has 2 aromatic carbocycles. The third-order valence-electron chi connectivity index (χ3n) is 6.17. The number of piperidine rings is 2. The second-order valence-electron chi connectivity index (χ2n) is 8.11. The van der Waals surface area contributed by atoms with E-state index in [1.807, 2.05) is 43.3 Å². The van der Waals surface area contributed by atoms with Crippen LogP contribution in [-0.2, 0) is 6.54 Å². The number of ether oxygens (including phenoxy) is 1. The molecule has 0 spiro atoms. The number of rotatable bonds is 6. The molecule has 154 valence electrons. The molecule has 2 saturated heterocycles. The highest BCUT2D eigenvalue weighted by Gasteiger charge is 2.38. The first kappa shape index (κ1) is 19.9. The zero-order valence-electron chi connectivity index (χ0n) is 16.9. The van der Waals surface area contributed by atoms with Crippen molar-refractivity contribution < 1.29 is 13.9 Å². The van der Waals surface area contributed by atoms with Crippen LogP contribution in [0.15, 0.2) is 48.5 Å². The third-order valence-corrected chi connectivity index (χ3v) is 6.17. The number of benzene rings is 2. The molecule has 4 nitrogen and oxygen atoms in total. The maximum atomic E-state index is 13.2. The fourth-order valence-corrected chi connectivity index (χ4v) is 4.85. The molecular weight excluding hydrogens is 367 g/mol. The van der Waals surface area contributed by atoms with E-state index in [0.29, 0.717) is 30.0 Å². The highest BCUT2D eigenvalue weighted by molar-refractivity contribution is 5.97. The van der Waals surface area contributed by atoms with Gasteiger partial charge in [0.2, 0.25) is 0 Å². The van der Waals surface area contributed by atoms with E-state index in [0.717, 1.165) is 37.8 Å². The van der Waals surface area contributed by atoms with E-state index in [-0.39, 0.29) is 17.8 Å². The molecule has 2 atom stereocenters. The summed E-state index contributed by atoms with van der Waals surface area (Å²) in [5.74, 6) is 0.397. The van der Waals surface area contributed by atoms with Crippen LogP contribution >= 0.6 is 0 Å². The number of hydrogen-bond acceptors (Lipinski definition) is 3. The average molecular weight is 397 g/mol. The van der Waals surface area contributed by atoms with Gasteiger partial charge in [-0.1, -0.05) is 30.7 Å². The molecule has 0 saturated carbocycles. The Balaban J connectivity index is 1.42. The van der Waals surface area contributed by atoms with Crippen LogP contribution in [0.5, 0.6) is 5.75 Å². The molecule has 0 radical (unpaired) electrons. The van der Waals surface area contributed by atoms with Crippen molar-refractivity contribution in [2.24, 2.45) is 0 Å². The van der Waals surface area contributed by atoms with Crippen molar-refractivity contribution in [1.82, 2.24) is 10.2 Å². The maximum absolute atomic E-state index is 13.2. The second kappa shape index (κ2) is 8.95. The van der Waals surface area contributed by atoms with Crippen LogP contribution in [0.3, 0.4) is 0 Å². The maximum Gasteiger partial charge on any atom is 0.255 e. The number of carbonyl (C=O) groups excluding carboxylic acids is 1. The minimum Gasteiger partial charge on any atom is -0.493 e. The summed E-state index contributed by atoms with van der Waals surface area (Å²) in [7, 11) is 0. The smallest absolute Gasteiger partial charge is 0.255 e. The first-order valence-corrected chi connectivity index (χ1v) is 10.7. The van der Waals surface area contributed by atoms with E-state index in [4.69, 9.17) is 4.74 Å². The van der Waals surface area contributed by atoms with Gasteiger partial charge in [0, 0.05) is 24.7 Å². The highest BCUT2D eigenvalue weighted by Crippen LogP contribution is 2.35. The van der Waals surface area contributed by atoms with Gasteiger partial charge in [-0.2, -0.15) is 0 Å². The van der Waals surface area contributed by atoms with Gasteiger partial charge in [-0.15, -0.1) is 0 Å². The van der Waals surface area contributed by atoms with Crippen molar-refractivity contribution in [3.8, 4) is 5.75 Å². The van der Waals surface area contributed by atoms with Crippen LogP contribution in [0.25, 0.3) is 0 Å². The predicted molar refractivity (Wildman–Crippen MR) is 111 cm³/mol. The Bertz CT molecular complexity index is 825. The molecule has 0 aromatic heterocycles. The number of nitrogens with one attached hydrogen (secondary N) is 1. The largest absolute Gasteiger partial charge is 0.493 e. The lowest BCUT2D eigenvalue weighted by Crippen LogP contribution is -2.56. The molecule has 4 rings (SSSR count). The summed E-state index contributed by atoms with van der Waals surface area (Å²) >= 11 is 0. The van der Waals surface area contributed by atoms with E-state index in [1.54, 1.807) is 0 Å². The number of halogens is 1. The molecule has 2 aromatic rings. The fourth-order valence-electron chi connectivity index (χ4n) is 4.85. The number of para-hydroxylation sites is 1. The highest BCUT2D eigenvalue weighted by atomic mass is 19.1. The summed E-state index contributed by atoms with van der Waals surface area (Å²) < 4.78 is 18.8. The molecular formula is C24H29FN2O2. The van der Waals surface area contributed by atoms with Gasteiger partial charge in [0.25, 0.3) is 5.91 Å². The summed E-state index contributed by atoms with van der Waals surface area (Å²) in [4.78, 5) is 15.5. The minimum absolute atomic E-state index is 0.0518. The Morgan fingerprint density at radius 1 is 1.10 bits per heavy atom. The molecule has 2 aliphatic heterocycles. The molecule has 2 fully saturated rings. The van der Waals surface area contributed by atoms with E-state index in [9.17, 15) is 9.18 Å². The van der Waals surface area contributed by atoms with E-state index >= 15 is 0 Å². The van der Waals surface area contributed by atoms with Gasteiger partial charge in [-0.25, -0.2) is 4.39 Å². The fraction of sp³-hybridized carbons (Fsp3) is 0.458. The van der Waals surface area contributed by atoms with Crippen molar-refractivity contribution in [3.63, 3.8) is 0 Å².